The summed E-state index contributed by atoms with van der Waals surface area (Å²) in [4.78, 5) is 0. The van der Waals surface area contributed by atoms with Gasteiger partial charge in [-0.3, -0.25) is 0 Å². The van der Waals surface area contributed by atoms with E-state index in [1.54, 1.807) is 7.11 Å². The summed E-state index contributed by atoms with van der Waals surface area (Å²) in [5.74, 6) is 0. The second-order valence-electron chi connectivity index (χ2n) is 5.37. The molecule has 0 fully saturated rings. The van der Waals surface area contributed by atoms with Gasteiger partial charge in [-0.2, -0.15) is 0 Å². The molecule has 3 heteroatoms. The third-order valence-electron chi connectivity index (χ3n) is 1.80. The molecule has 0 saturated heterocycles. The van der Waals surface area contributed by atoms with Gasteiger partial charge in [0.1, 0.15) is 14.6 Å². The lowest BCUT2D eigenvalue weighted by atomic mass is 10.5. The maximum Gasteiger partial charge on any atom is 0.110 e. The fourth-order valence-electron chi connectivity index (χ4n) is 1.70. The van der Waals surface area contributed by atoms with Crippen molar-refractivity contribution in [3.8, 4) is 0 Å². The van der Waals surface area contributed by atoms with Crippen molar-refractivity contribution in [1.29, 1.82) is 0 Å². The van der Waals surface area contributed by atoms with Crippen LogP contribution in [-0.4, -0.2) is 53.1 Å². The summed E-state index contributed by atoms with van der Waals surface area (Å²) in [6, 6.07) is 0. The van der Waals surface area contributed by atoms with Crippen molar-refractivity contribution < 1.29 is 9.22 Å². The van der Waals surface area contributed by atoms with E-state index in [1.807, 2.05) is 0 Å². The third-order valence-corrected chi connectivity index (χ3v) is 3.61. The number of methoxy groups -OCH3 is 1. The van der Waals surface area contributed by atoms with Gasteiger partial charge in [0.25, 0.3) is 0 Å². The largest absolute Gasteiger partial charge is 0.379 e. The highest BCUT2D eigenvalue weighted by Gasteiger charge is 2.25. The highest BCUT2D eigenvalue weighted by Crippen LogP contribution is 2.08. The summed E-state index contributed by atoms with van der Waals surface area (Å²) in [6.07, 6.45) is 1.33. The lowest BCUT2D eigenvalue weighted by molar-refractivity contribution is -0.881. The van der Waals surface area contributed by atoms with Crippen molar-refractivity contribution in [2.75, 3.05) is 40.5 Å². The van der Waals surface area contributed by atoms with E-state index in [9.17, 15) is 0 Å². The summed E-state index contributed by atoms with van der Waals surface area (Å²) in [5, 5.41) is 0. The van der Waals surface area contributed by atoms with E-state index in [0.717, 1.165) is 17.6 Å². The Morgan fingerprint density at radius 1 is 1.17 bits per heavy atom. The van der Waals surface area contributed by atoms with E-state index in [0.29, 0.717) is 0 Å². The smallest absolute Gasteiger partial charge is 0.110 e. The molecule has 74 valence electrons. The van der Waals surface area contributed by atoms with Gasteiger partial charge < -0.3 is 9.22 Å². The molecule has 0 aromatic heterocycles. The summed E-state index contributed by atoms with van der Waals surface area (Å²) in [7, 11) is 5.42. The second-order valence-corrected chi connectivity index (χ2v) is 10.8. The van der Waals surface area contributed by atoms with Gasteiger partial charge in [-0.15, -0.1) is 0 Å². The number of quaternary nitrogens is 1. The molecule has 0 rings (SSSR count). The molecular formula is C9H24NOSi+. The Morgan fingerprint density at radius 2 is 1.67 bits per heavy atom. The van der Waals surface area contributed by atoms with Crippen molar-refractivity contribution in [3.05, 3.63) is 0 Å². The van der Waals surface area contributed by atoms with Crippen molar-refractivity contribution >= 4 is 8.07 Å². The Labute approximate surface area is 78.1 Å². The molecule has 0 saturated carbocycles. The van der Waals surface area contributed by atoms with Crippen LogP contribution in [0.1, 0.15) is 0 Å². The zero-order valence-electron chi connectivity index (χ0n) is 9.48. The molecule has 0 N–H and O–H groups in total. The Kier molecular flexibility index (Phi) is 4.44. The minimum absolute atomic E-state index is 0.873. The number of nitrogens with zero attached hydrogens (tertiary/aromatic N) is 1. The first-order valence-electron chi connectivity index (χ1n) is 4.58. The van der Waals surface area contributed by atoms with Gasteiger partial charge in [0.2, 0.25) is 0 Å². The van der Waals surface area contributed by atoms with Gasteiger partial charge in [-0.1, -0.05) is 19.6 Å². The van der Waals surface area contributed by atoms with Crippen LogP contribution >= 0.6 is 0 Å². The van der Waals surface area contributed by atoms with Crippen LogP contribution in [0.3, 0.4) is 0 Å². The molecule has 0 bridgehead atoms. The monoisotopic (exact) mass is 190 g/mol. The van der Waals surface area contributed by atoms with Gasteiger partial charge in [0.15, 0.2) is 0 Å². The summed E-state index contributed by atoms with van der Waals surface area (Å²) in [6.45, 7) is 9.25. The molecule has 0 aromatic carbocycles. The van der Waals surface area contributed by atoms with Gasteiger partial charge >= 0.3 is 0 Å². The van der Waals surface area contributed by atoms with Crippen LogP contribution in [0.4, 0.5) is 0 Å². The molecule has 0 aliphatic carbocycles. The first-order valence-corrected chi connectivity index (χ1v) is 8.28. The highest BCUT2D eigenvalue weighted by atomic mass is 28.3. The minimum Gasteiger partial charge on any atom is -0.379 e. The fourth-order valence-corrected chi connectivity index (χ4v) is 4.43. The lowest BCUT2D eigenvalue weighted by Gasteiger charge is -2.34. The van der Waals surface area contributed by atoms with Crippen molar-refractivity contribution in [1.82, 2.24) is 0 Å². The van der Waals surface area contributed by atoms with Crippen LogP contribution < -0.4 is 0 Å². The van der Waals surface area contributed by atoms with E-state index in [2.05, 4.69) is 33.7 Å². The number of rotatable bonds is 5. The molecule has 0 heterocycles. The zero-order chi connectivity index (χ0) is 9.83. The molecule has 0 aliphatic heterocycles. The number of ether oxygens (including phenoxy) is 1. The Hall–Kier alpha value is 0.137. The first-order chi connectivity index (χ1) is 5.27. The summed E-state index contributed by atoms with van der Waals surface area (Å²) in [5.41, 5.74) is 0. The molecule has 0 amide bonds. The van der Waals surface area contributed by atoms with E-state index in [4.69, 9.17) is 4.74 Å². The highest BCUT2D eigenvalue weighted by molar-refractivity contribution is 6.75. The van der Waals surface area contributed by atoms with Crippen LogP contribution in [0, 0.1) is 0 Å². The van der Waals surface area contributed by atoms with Gasteiger partial charge in [0.05, 0.1) is 26.9 Å². The van der Waals surface area contributed by atoms with Gasteiger partial charge in [-0.05, 0) is 0 Å². The molecule has 0 spiro atoms. The van der Waals surface area contributed by atoms with Gasteiger partial charge in [0, 0.05) is 7.11 Å². The maximum atomic E-state index is 5.09. The molecule has 0 radical (unpaired) electrons. The first kappa shape index (κ1) is 12.1. The number of hydrogen-bond acceptors (Lipinski definition) is 1. The van der Waals surface area contributed by atoms with Crippen LogP contribution in [-0.2, 0) is 4.74 Å². The zero-order valence-corrected chi connectivity index (χ0v) is 10.5. The average molecular weight is 190 g/mol. The molecule has 0 aromatic rings. The van der Waals surface area contributed by atoms with Crippen LogP contribution in [0.2, 0.25) is 19.6 Å². The number of hydrogen-bond donors (Lipinski definition) is 0. The predicted molar refractivity (Wildman–Crippen MR) is 57.1 cm³/mol. The van der Waals surface area contributed by atoms with E-state index in [-0.39, 0.29) is 0 Å². The minimum atomic E-state index is -0.926. The molecule has 12 heavy (non-hydrogen) atoms. The quantitative estimate of drug-likeness (QED) is 0.472. The SMILES string of the molecule is COCC[N+](C)(C)C[Si](C)(C)C. The third kappa shape index (κ3) is 6.82. The summed E-state index contributed by atoms with van der Waals surface area (Å²) >= 11 is 0. The van der Waals surface area contributed by atoms with Crippen molar-refractivity contribution in [3.63, 3.8) is 0 Å². The standard InChI is InChI=1S/C9H24NOSi/c1-10(2,7-8-11-3)9-12(4,5)6/h7-9H2,1-6H3/q+1. The van der Waals surface area contributed by atoms with E-state index < -0.39 is 8.07 Å². The molecular weight excluding hydrogens is 166 g/mol. The second kappa shape index (κ2) is 4.39. The Bertz CT molecular complexity index is 129. The topological polar surface area (TPSA) is 9.23 Å². The van der Waals surface area contributed by atoms with Crippen molar-refractivity contribution in [2.24, 2.45) is 0 Å². The molecule has 2 nitrogen and oxygen atoms in total. The molecule has 0 aliphatic rings. The fraction of sp³-hybridized carbons (Fsp3) is 1.00. The molecule has 0 unspecified atom stereocenters. The molecule has 0 atom stereocenters. The predicted octanol–water partition coefficient (Wildman–Crippen LogP) is 1.59. The van der Waals surface area contributed by atoms with E-state index >= 15 is 0 Å². The Morgan fingerprint density at radius 3 is 2.00 bits per heavy atom. The van der Waals surface area contributed by atoms with Gasteiger partial charge in [-0.25, -0.2) is 0 Å². The normalized spacial score (nSPS) is 13.5. The van der Waals surface area contributed by atoms with Crippen LogP contribution in [0.5, 0.6) is 0 Å². The van der Waals surface area contributed by atoms with Crippen molar-refractivity contribution in [2.45, 2.75) is 19.6 Å². The van der Waals surface area contributed by atoms with Crippen LogP contribution in [0.25, 0.3) is 0 Å². The van der Waals surface area contributed by atoms with Crippen LogP contribution in [0.15, 0.2) is 0 Å². The van der Waals surface area contributed by atoms with E-state index in [1.165, 1.54) is 6.17 Å². The maximum absolute atomic E-state index is 5.09. The Balaban J connectivity index is 3.86. The number of likely N-dealkylation sites (N-methyl/N-ethyl adjacent to an activating group) is 1. The summed E-state index contributed by atoms with van der Waals surface area (Å²) < 4.78 is 6.19. The lowest BCUT2D eigenvalue weighted by Crippen LogP contribution is -2.51. The average Bonchev–Trinajstić information content (AvgIpc) is 1.78.